The molecule has 0 aromatic heterocycles. The molecule has 0 fully saturated rings. The number of carbonyl (C=O) groups excluding carboxylic acids is 3. The molecule has 0 rings (SSSR count). The third-order valence-corrected chi connectivity index (χ3v) is 3.64. The van der Waals surface area contributed by atoms with E-state index in [9.17, 15) is 14.4 Å². The number of hydrogen-bond donors (Lipinski definition) is 0. The summed E-state index contributed by atoms with van der Waals surface area (Å²) in [5.41, 5.74) is -0.590. The molecular weight excluding hydrogens is 264 g/mol. The highest BCUT2D eigenvalue weighted by molar-refractivity contribution is 5.85. The van der Waals surface area contributed by atoms with Gasteiger partial charge < -0.3 is 0 Å². The average Bonchev–Trinajstić information content (AvgIpc) is 2.31. The van der Waals surface area contributed by atoms with Crippen molar-refractivity contribution in [2.75, 3.05) is 0 Å². The second-order valence-electron chi connectivity index (χ2n) is 7.95. The van der Waals surface area contributed by atoms with Gasteiger partial charge in [-0.2, -0.15) is 0 Å². The number of Topliss-reactive ketones (excluding diaryl/α,β-unsaturated/α-hetero) is 3. The quantitative estimate of drug-likeness (QED) is 0.588. The highest BCUT2D eigenvalue weighted by Gasteiger charge is 2.21. The van der Waals surface area contributed by atoms with Crippen LogP contribution in [0.25, 0.3) is 0 Å². The topological polar surface area (TPSA) is 51.2 Å². The van der Waals surface area contributed by atoms with Gasteiger partial charge in [-0.15, -0.1) is 0 Å². The van der Waals surface area contributed by atoms with Crippen molar-refractivity contribution in [1.29, 1.82) is 0 Å². The first kappa shape index (κ1) is 20.0. The number of hydrogen-bond acceptors (Lipinski definition) is 3. The van der Waals surface area contributed by atoms with E-state index in [2.05, 4.69) is 0 Å². The smallest absolute Gasteiger partial charge is 0.138 e. The van der Waals surface area contributed by atoms with Gasteiger partial charge in [0.1, 0.15) is 17.3 Å². The summed E-state index contributed by atoms with van der Waals surface area (Å²) in [5.74, 6) is 0.678. The number of rotatable bonds is 9. The van der Waals surface area contributed by atoms with Crippen LogP contribution in [-0.2, 0) is 14.4 Å². The molecule has 0 spiro atoms. The third kappa shape index (κ3) is 9.54. The lowest BCUT2D eigenvalue weighted by molar-refractivity contribution is -0.127. The first-order valence-electron chi connectivity index (χ1n) is 8.03. The van der Waals surface area contributed by atoms with E-state index in [1.54, 1.807) is 0 Å². The van der Waals surface area contributed by atoms with Gasteiger partial charge in [-0.05, 0) is 19.3 Å². The van der Waals surface area contributed by atoms with Crippen molar-refractivity contribution in [2.24, 2.45) is 10.8 Å². The van der Waals surface area contributed by atoms with E-state index >= 15 is 0 Å². The minimum absolute atomic E-state index is 0.208. The van der Waals surface area contributed by atoms with Crippen molar-refractivity contribution in [3.8, 4) is 0 Å². The van der Waals surface area contributed by atoms with E-state index < -0.39 is 0 Å². The Balaban J connectivity index is 3.74. The molecule has 0 aliphatic carbocycles. The fraction of sp³-hybridized carbons (Fsp3) is 0.833. The van der Waals surface area contributed by atoms with Crippen molar-refractivity contribution in [1.82, 2.24) is 0 Å². The van der Waals surface area contributed by atoms with Gasteiger partial charge >= 0.3 is 0 Å². The van der Waals surface area contributed by atoms with E-state index in [-0.39, 0.29) is 28.2 Å². The Kier molecular flexibility index (Phi) is 8.05. The molecule has 21 heavy (non-hydrogen) atoms. The Hall–Kier alpha value is -0.990. The molecule has 0 saturated carbocycles. The number of unbranched alkanes of at least 4 members (excludes halogenated alkanes) is 1. The lowest BCUT2D eigenvalue weighted by Gasteiger charge is -2.16. The molecule has 0 N–H and O–H groups in total. The molecule has 122 valence electrons. The van der Waals surface area contributed by atoms with Crippen LogP contribution in [0.3, 0.4) is 0 Å². The maximum Gasteiger partial charge on any atom is 0.138 e. The second-order valence-corrected chi connectivity index (χ2v) is 7.95. The Bertz CT molecular complexity index is 367. The number of ketones is 3. The summed E-state index contributed by atoms with van der Waals surface area (Å²) >= 11 is 0. The molecule has 0 saturated heterocycles. The molecule has 0 aliphatic heterocycles. The van der Waals surface area contributed by atoms with E-state index in [1.165, 1.54) is 0 Å². The summed E-state index contributed by atoms with van der Waals surface area (Å²) in [4.78, 5) is 35.2. The first-order chi connectivity index (χ1) is 9.44. The molecule has 3 heteroatoms. The summed E-state index contributed by atoms with van der Waals surface area (Å²) in [6.45, 7) is 11.5. The molecule has 0 radical (unpaired) electrons. The molecule has 0 unspecified atom stereocenters. The van der Waals surface area contributed by atoms with Crippen LogP contribution in [0.4, 0.5) is 0 Å². The molecule has 0 atom stereocenters. The van der Waals surface area contributed by atoms with Crippen molar-refractivity contribution < 1.29 is 14.4 Å². The van der Waals surface area contributed by atoms with Gasteiger partial charge in [-0.3, -0.25) is 14.4 Å². The van der Waals surface area contributed by atoms with Crippen LogP contribution < -0.4 is 0 Å². The highest BCUT2D eigenvalue weighted by Crippen LogP contribution is 2.20. The van der Waals surface area contributed by atoms with Crippen molar-refractivity contribution >= 4 is 17.3 Å². The first-order valence-corrected chi connectivity index (χ1v) is 8.03. The van der Waals surface area contributed by atoms with Gasteiger partial charge in [0, 0.05) is 36.5 Å². The summed E-state index contributed by atoms with van der Waals surface area (Å²) in [6.07, 6.45) is 4.25. The average molecular weight is 296 g/mol. The SMILES string of the molecule is CC(C)(C)C(=O)CCCCC(=O)CCCC(=O)C(C)(C)C. The normalized spacial score (nSPS) is 12.3. The lowest BCUT2D eigenvalue weighted by Crippen LogP contribution is -2.20. The number of carbonyl (C=O) groups is 3. The van der Waals surface area contributed by atoms with Gasteiger partial charge in [0.15, 0.2) is 0 Å². The Morgan fingerprint density at radius 2 is 0.905 bits per heavy atom. The third-order valence-electron chi connectivity index (χ3n) is 3.64. The fourth-order valence-electron chi connectivity index (χ4n) is 1.93. The van der Waals surface area contributed by atoms with Crippen molar-refractivity contribution in [3.05, 3.63) is 0 Å². The maximum atomic E-state index is 11.7. The Morgan fingerprint density at radius 1 is 0.571 bits per heavy atom. The summed E-state index contributed by atoms with van der Waals surface area (Å²) in [5, 5.41) is 0. The Labute approximate surface area is 129 Å². The lowest BCUT2D eigenvalue weighted by atomic mass is 9.87. The van der Waals surface area contributed by atoms with E-state index in [4.69, 9.17) is 0 Å². The zero-order valence-electron chi connectivity index (χ0n) is 14.7. The predicted octanol–water partition coefficient (Wildman–Crippen LogP) is 4.52. The predicted molar refractivity (Wildman–Crippen MR) is 86.3 cm³/mol. The highest BCUT2D eigenvalue weighted by atomic mass is 16.1. The second kappa shape index (κ2) is 8.45. The summed E-state index contributed by atoms with van der Waals surface area (Å²) < 4.78 is 0. The van der Waals surface area contributed by atoms with E-state index in [0.29, 0.717) is 32.1 Å². The van der Waals surface area contributed by atoms with Crippen molar-refractivity contribution in [2.45, 2.75) is 86.5 Å². The standard InChI is InChI=1S/C18H32O3/c1-17(2,3)15(20)12-8-7-10-14(19)11-9-13-16(21)18(4,5)6/h7-13H2,1-6H3. The van der Waals surface area contributed by atoms with E-state index in [0.717, 1.165) is 12.8 Å². The Morgan fingerprint density at radius 3 is 1.33 bits per heavy atom. The zero-order valence-corrected chi connectivity index (χ0v) is 14.7. The van der Waals surface area contributed by atoms with Crippen LogP contribution >= 0.6 is 0 Å². The molecule has 0 aromatic carbocycles. The summed E-state index contributed by atoms with van der Waals surface area (Å²) in [6, 6.07) is 0. The molecule has 0 aromatic rings. The molecule has 3 nitrogen and oxygen atoms in total. The fourth-order valence-corrected chi connectivity index (χ4v) is 1.93. The molecule has 0 amide bonds. The monoisotopic (exact) mass is 296 g/mol. The van der Waals surface area contributed by atoms with Crippen LogP contribution in [0.1, 0.15) is 86.5 Å². The molecule has 0 heterocycles. The summed E-state index contributed by atoms with van der Waals surface area (Å²) in [7, 11) is 0. The molecule has 0 bridgehead atoms. The van der Waals surface area contributed by atoms with Crippen LogP contribution in [-0.4, -0.2) is 17.3 Å². The van der Waals surface area contributed by atoms with Gasteiger partial charge in [-0.25, -0.2) is 0 Å². The van der Waals surface area contributed by atoms with Gasteiger partial charge in [0.05, 0.1) is 0 Å². The van der Waals surface area contributed by atoms with Crippen LogP contribution in [0.2, 0.25) is 0 Å². The van der Waals surface area contributed by atoms with Gasteiger partial charge in [0.2, 0.25) is 0 Å². The van der Waals surface area contributed by atoms with Crippen LogP contribution in [0, 0.1) is 10.8 Å². The van der Waals surface area contributed by atoms with Crippen LogP contribution in [0.5, 0.6) is 0 Å². The van der Waals surface area contributed by atoms with Gasteiger partial charge in [0.25, 0.3) is 0 Å². The minimum atomic E-state index is -0.309. The zero-order chi connectivity index (χ0) is 16.7. The largest absolute Gasteiger partial charge is 0.300 e. The minimum Gasteiger partial charge on any atom is -0.300 e. The van der Waals surface area contributed by atoms with E-state index in [1.807, 2.05) is 41.5 Å². The molecular formula is C18H32O3. The van der Waals surface area contributed by atoms with Crippen molar-refractivity contribution in [3.63, 3.8) is 0 Å². The van der Waals surface area contributed by atoms with Crippen LogP contribution in [0.15, 0.2) is 0 Å². The maximum absolute atomic E-state index is 11.7. The molecule has 0 aliphatic rings. The van der Waals surface area contributed by atoms with Gasteiger partial charge in [-0.1, -0.05) is 41.5 Å².